The minimum atomic E-state index is -4.37. The third-order valence-electron chi connectivity index (χ3n) is 4.58. The summed E-state index contributed by atoms with van der Waals surface area (Å²) in [6, 6.07) is 4.48. The molecule has 27 heavy (non-hydrogen) atoms. The van der Waals surface area contributed by atoms with Gasteiger partial charge in [-0.2, -0.15) is 27.8 Å². The number of hydrogen-bond acceptors (Lipinski definition) is 6. The summed E-state index contributed by atoms with van der Waals surface area (Å²) in [6.45, 7) is 4.78. The fourth-order valence-electron chi connectivity index (χ4n) is 3.25. The second-order valence-electron chi connectivity index (χ2n) is 6.46. The van der Waals surface area contributed by atoms with E-state index in [2.05, 4.69) is 25.0 Å². The Kier molecular flexibility index (Phi) is 4.33. The average molecular weight is 377 g/mol. The highest BCUT2D eigenvalue weighted by Gasteiger charge is 2.31. The molecule has 1 saturated heterocycles. The minimum Gasteiger partial charge on any atom is -0.355 e. The summed E-state index contributed by atoms with van der Waals surface area (Å²) in [5.41, 5.74) is 0.125. The van der Waals surface area contributed by atoms with Crippen LogP contribution in [0.15, 0.2) is 30.7 Å². The van der Waals surface area contributed by atoms with Gasteiger partial charge in [0.1, 0.15) is 18.0 Å². The van der Waals surface area contributed by atoms with Gasteiger partial charge in [0.25, 0.3) is 5.78 Å². The van der Waals surface area contributed by atoms with E-state index in [4.69, 9.17) is 0 Å². The van der Waals surface area contributed by atoms with Crippen LogP contribution in [0.1, 0.15) is 17.7 Å². The van der Waals surface area contributed by atoms with E-state index in [0.29, 0.717) is 24.7 Å². The lowest BCUT2D eigenvalue weighted by molar-refractivity contribution is -0.137. The van der Waals surface area contributed by atoms with Crippen molar-refractivity contribution in [1.82, 2.24) is 24.6 Å². The van der Waals surface area contributed by atoms with Crippen LogP contribution in [0.4, 0.5) is 24.8 Å². The third kappa shape index (κ3) is 3.51. The standard InChI is InChI=1S/C17H18F3N7/c1-12-9-15(27-16(24-12)22-11-23-27)26-6-2-5-25(7-8-26)14-4-3-13(10-21-14)17(18,19)20/h3-4,9-11H,2,5-8H2,1H3. The Bertz CT molecular complexity index is 936. The molecule has 0 aromatic carbocycles. The first kappa shape index (κ1) is 17.5. The molecule has 1 fully saturated rings. The summed E-state index contributed by atoms with van der Waals surface area (Å²) in [5, 5.41) is 4.24. The van der Waals surface area contributed by atoms with Crippen molar-refractivity contribution in [3.63, 3.8) is 0 Å². The van der Waals surface area contributed by atoms with E-state index in [9.17, 15) is 13.2 Å². The van der Waals surface area contributed by atoms with Crippen LogP contribution in [0.5, 0.6) is 0 Å². The summed E-state index contributed by atoms with van der Waals surface area (Å²) >= 11 is 0. The highest BCUT2D eigenvalue weighted by Crippen LogP contribution is 2.29. The molecule has 0 atom stereocenters. The Hall–Kier alpha value is -2.91. The SMILES string of the molecule is Cc1cc(N2CCCN(c3ccc(C(F)(F)F)cn3)CC2)n2ncnc2n1. The van der Waals surface area contributed by atoms with Crippen LogP contribution in [-0.4, -0.2) is 50.7 Å². The van der Waals surface area contributed by atoms with E-state index in [1.807, 2.05) is 17.9 Å². The molecule has 0 saturated carbocycles. The monoisotopic (exact) mass is 377 g/mol. The summed E-state index contributed by atoms with van der Waals surface area (Å²) in [5.74, 6) is 2.02. The summed E-state index contributed by atoms with van der Waals surface area (Å²) < 4.78 is 39.9. The predicted molar refractivity (Wildman–Crippen MR) is 93.8 cm³/mol. The van der Waals surface area contributed by atoms with E-state index in [-0.39, 0.29) is 0 Å². The van der Waals surface area contributed by atoms with Gasteiger partial charge < -0.3 is 9.80 Å². The van der Waals surface area contributed by atoms with Crippen molar-refractivity contribution in [1.29, 1.82) is 0 Å². The highest BCUT2D eigenvalue weighted by atomic mass is 19.4. The Labute approximate surface area is 153 Å². The van der Waals surface area contributed by atoms with Crippen LogP contribution < -0.4 is 9.80 Å². The molecule has 4 heterocycles. The fourth-order valence-corrected chi connectivity index (χ4v) is 3.25. The molecular weight excluding hydrogens is 359 g/mol. The van der Waals surface area contributed by atoms with Crippen LogP contribution >= 0.6 is 0 Å². The number of aryl methyl sites for hydroxylation is 1. The molecule has 0 radical (unpaired) electrons. The molecule has 7 nitrogen and oxygen atoms in total. The molecule has 3 aromatic heterocycles. The maximum Gasteiger partial charge on any atom is 0.417 e. The van der Waals surface area contributed by atoms with E-state index in [0.717, 1.165) is 43.3 Å². The smallest absolute Gasteiger partial charge is 0.355 e. The van der Waals surface area contributed by atoms with E-state index >= 15 is 0 Å². The molecule has 0 bridgehead atoms. The highest BCUT2D eigenvalue weighted by molar-refractivity contribution is 5.48. The van der Waals surface area contributed by atoms with Crippen LogP contribution in [0.3, 0.4) is 0 Å². The second-order valence-corrected chi connectivity index (χ2v) is 6.46. The fraction of sp³-hybridized carbons (Fsp3) is 0.412. The third-order valence-corrected chi connectivity index (χ3v) is 4.58. The largest absolute Gasteiger partial charge is 0.417 e. The first-order valence-electron chi connectivity index (χ1n) is 8.62. The normalized spacial score (nSPS) is 16.0. The molecule has 0 spiro atoms. The molecule has 0 unspecified atom stereocenters. The first-order chi connectivity index (χ1) is 12.9. The van der Waals surface area contributed by atoms with E-state index in [1.54, 1.807) is 4.52 Å². The van der Waals surface area contributed by atoms with E-state index in [1.165, 1.54) is 12.4 Å². The maximum atomic E-state index is 12.7. The number of halogens is 3. The van der Waals surface area contributed by atoms with Crippen molar-refractivity contribution in [3.05, 3.63) is 42.0 Å². The van der Waals surface area contributed by atoms with Crippen molar-refractivity contribution in [3.8, 4) is 0 Å². The lowest BCUT2D eigenvalue weighted by Gasteiger charge is -2.24. The first-order valence-corrected chi connectivity index (χ1v) is 8.62. The van der Waals surface area contributed by atoms with Crippen molar-refractivity contribution in [2.45, 2.75) is 19.5 Å². The van der Waals surface area contributed by atoms with Gasteiger partial charge in [-0.25, -0.2) is 9.97 Å². The number of pyridine rings is 1. The Morgan fingerprint density at radius 1 is 1.00 bits per heavy atom. The molecule has 0 N–H and O–H groups in total. The number of nitrogens with zero attached hydrogens (tertiary/aromatic N) is 7. The summed E-state index contributed by atoms with van der Waals surface area (Å²) in [6.07, 6.45) is -1.16. The zero-order valence-electron chi connectivity index (χ0n) is 14.7. The topological polar surface area (TPSA) is 62.5 Å². The molecule has 0 aliphatic carbocycles. The number of hydrogen-bond donors (Lipinski definition) is 0. The lowest BCUT2D eigenvalue weighted by Crippen LogP contribution is -2.32. The lowest BCUT2D eigenvalue weighted by atomic mass is 10.2. The van der Waals surface area contributed by atoms with Crippen molar-refractivity contribution < 1.29 is 13.2 Å². The van der Waals surface area contributed by atoms with Gasteiger partial charge in [-0.15, -0.1) is 0 Å². The van der Waals surface area contributed by atoms with Gasteiger partial charge in [0.05, 0.1) is 5.56 Å². The van der Waals surface area contributed by atoms with Gasteiger partial charge in [0.15, 0.2) is 0 Å². The van der Waals surface area contributed by atoms with Crippen molar-refractivity contribution in [2.24, 2.45) is 0 Å². The number of fused-ring (bicyclic) bond motifs is 1. The number of alkyl halides is 3. The van der Waals surface area contributed by atoms with Crippen LogP contribution in [-0.2, 0) is 6.18 Å². The zero-order chi connectivity index (χ0) is 19.0. The van der Waals surface area contributed by atoms with Crippen LogP contribution in [0.2, 0.25) is 0 Å². The molecule has 1 aliphatic heterocycles. The number of rotatable bonds is 2. The number of anilines is 2. The molecule has 10 heteroatoms. The Morgan fingerprint density at radius 2 is 1.78 bits per heavy atom. The molecule has 3 aromatic rings. The molecule has 142 valence electrons. The molecular formula is C17H18F3N7. The second kappa shape index (κ2) is 6.67. The molecule has 1 aliphatic rings. The van der Waals surface area contributed by atoms with Crippen molar-refractivity contribution >= 4 is 17.4 Å². The average Bonchev–Trinajstić information content (AvgIpc) is 2.96. The Morgan fingerprint density at radius 3 is 2.52 bits per heavy atom. The van der Waals surface area contributed by atoms with E-state index < -0.39 is 11.7 Å². The maximum absolute atomic E-state index is 12.7. The van der Waals surface area contributed by atoms with Crippen LogP contribution in [0.25, 0.3) is 5.78 Å². The number of aromatic nitrogens is 5. The van der Waals surface area contributed by atoms with Gasteiger partial charge in [0.2, 0.25) is 0 Å². The van der Waals surface area contributed by atoms with Crippen molar-refractivity contribution in [2.75, 3.05) is 36.0 Å². The molecule has 0 amide bonds. The van der Waals surface area contributed by atoms with Gasteiger partial charge in [0, 0.05) is 44.1 Å². The Balaban J connectivity index is 1.53. The van der Waals surface area contributed by atoms with Gasteiger partial charge in [-0.3, -0.25) is 0 Å². The van der Waals surface area contributed by atoms with Gasteiger partial charge in [-0.05, 0) is 25.5 Å². The van der Waals surface area contributed by atoms with Gasteiger partial charge in [-0.1, -0.05) is 0 Å². The molecule has 4 rings (SSSR count). The van der Waals surface area contributed by atoms with Gasteiger partial charge >= 0.3 is 6.18 Å². The summed E-state index contributed by atoms with van der Waals surface area (Å²) in [4.78, 5) is 16.7. The minimum absolute atomic E-state index is 0.551. The summed E-state index contributed by atoms with van der Waals surface area (Å²) in [7, 11) is 0. The predicted octanol–water partition coefficient (Wildman–Crippen LogP) is 2.56. The quantitative estimate of drug-likeness (QED) is 0.684. The zero-order valence-corrected chi connectivity index (χ0v) is 14.7. The van der Waals surface area contributed by atoms with Crippen LogP contribution in [0, 0.1) is 6.92 Å².